The zero-order valence-corrected chi connectivity index (χ0v) is 9.13. The number of hydrogen-bond acceptors (Lipinski definition) is 2. The van der Waals surface area contributed by atoms with E-state index in [1.54, 1.807) is 0 Å². The van der Waals surface area contributed by atoms with Gasteiger partial charge in [-0.25, -0.2) is 13.1 Å². The summed E-state index contributed by atoms with van der Waals surface area (Å²) in [5, 5.41) is 0. The van der Waals surface area contributed by atoms with Gasteiger partial charge in [-0.05, 0) is 12.0 Å². The first-order valence-electron chi connectivity index (χ1n) is 4.71. The van der Waals surface area contributed by atoms with Crippen LogP contribution in [0.15, 0.2) is 30.3 Å². The predicted molar refractivity (Wildman–Crippen MR) is 57.7 cm³/mol. The van der Waals surface area contributed by atoms with E-state index in [0.29, 0.717) is 0 Å². The third kappa shape index (κ3) is 4.90. The molecule has 1 rings (SSSR count). The summed E-state index contributed by atoms with van der Waals surface area (Å²) in [4.78, 5) is 0. The second-order valence-electron chi connectivity index (χ2n) is 3.17. The van der Waals surface area contributed by atoms with Crippen molar-refractivity contribution in [1.82, 2.24) is 4.72 Å². The second kappa shape index (κ2) is 5.82. The first-order chi connectivity index (χ1) is 7.14. The van der Waals surface area contributed by atoms with Gasteiger partial charge < -0.3 is 0 Å². The first kappa shape index (κ1) is 12.1. The summed E-state index contributed by atoms with van der Waals surface area (Å²) in [7, 11) is -3.33. The lowest BCUT2D eigenvalue weighted by molar-refractivity contribution is 0.483. The lowest BCUT2D eigenvalue weighted by atomic mass is 10.2. The van der Waals surface area contributed by atoms with Crippen molar-refractivity contribution < 1.29 is 12.8 Å². The highest BCUT2D eigenvalue weighted by atomic mass is 32.2. The molecule has 0 atom stereocenters. The zero-order valence-electron chi connectivity index (χ0n) is 8.32. The van der Waals surface area contributed by atoms with Crippen LogP contribution < -0.4 is 4.72 Å². The van der Waals surface area contributed by atoms with Crippen LogP contribution in [0.1, 0.15) is 12.0 Å². The maximum atomic E-state index is 11.8. The molecule has 0 fully saturated rings. The number of benzene rings is 1. The third-order valence-electron chi connectivity index (χ3n) is 1.89. The fourth-order valence-corrected chi connectivity index (χ4v) is 2.13. The quantitative estimate of drug-likeness (QED) is 0.805. The van der Waals surface area contributed by atoms with Crippen LogP contribution in [0.3, 0.4) is 0 Å². The number of halogens is 1. The molecule has 0 saturated carbocycles. The van der Waals surface area contributed by atoms with Crippen LogP contribution in [0.2, 0.25) is 0 Å². The van der Waals surface area contributed by atoms with E-state index in [0.717, 1.165) is 5.56 Å². The summed E-state index contributed by atoms with van der Waals surface area (Å²) in [5.74, 6) is -0.156. The Bertz CT molecular complexity index is 378. The summed E-state index contributed by atoms with van der Waals surface area (Å²) in [6.07, 6.45) is 0.0458. The van der Waals surface area contributed by atoms with Gasteiger partial charge in [-0.15, -0.1) is 0 Å². The van der Waals surface area contributed by atoms with Gasteiger partial charge in [0.1, 0.15) is 0 Å². The van der Waals surface area contributed by atoms with Gasteiger partial charge in [-0.2, -0.15) is 0 Å². The van der Waals surface area contributed by atoms with Crippen LogP contribution in [0, 0.1) is 0 Å². The third-order valence-corrected chi connectivity index (χ3v) is 3.30. The molecule has 15 heavy (non-hydrogen) atoms. The van der Waals surface area contributed by atoms with Crippen molar-refractivity contribution >= 4 is 10.0 Å². The van der Waals surface area contributed by atoms with E-state index in [-0.39, 0.29) is 18.7 Å². The lowest BCUT2D eigenvalue weighted by Gasteiger charge is -2.05. The van der Waals surface area contributed by atoms with Gasteiger partial charge in [0.25, 0.3) is 0 Å². The molecule has 0 aliphatic heterocycles. The molecule has 0 aliphatic rings. The van der Waals surface area contributed by atoms with Crippen molar-refractivity contribution in [3.05, 3.63) is 35.9 Å². The molecule has 1 N–H and O–H groups in total. The highest BCUT2D eigenvalue weighted by Crippen LogP contribution is 1.99. The predicted octanol–water partition coefficient (Wildman–Crippen LogP) is 1.47. The molecule has 0 amide bonds. The van der Waals surface area contributed by atoms with Crippen molar-refractivity contribution in [3.63, 3.8) is 0 Å². The van der Waals surface area contributed by atoms with E-state index in [9.17, 15) is 12.8 Å². The number of nitrogens with one attached hydrogen (secondary N) is 1. The van der Waals surface area contributed by atoms with E-state index in [2.05, 4.69) is 4.72 Å². The van der Waals surface area contributed by atoms with Crippen LogP contribution in [0.5, 0.6) is 0 Å². The first-order valence-corrected chi connectivity index (χ1v) is 6.36. The van der Waals surface area contributed by atoms with E-state index in [1.165, 1.54) is 0 Å². The Morgan fingerprint density at radius 3 is 2.47 bits per heavy atom. The van der Waals surface area contributed by atoms with E-state index in [1.807, 2.05) is 30.3 Å². The molecular formula is C10H14FNO2S. The molecule has 3 nitrogen and oxygen atoms in total. The van der Waals surface area contributed by atoms with Crippen molar-refractivity contribution in [2.24, 2.45) is 0 Å². The van der Waals surface area contributed by atoms with E-state index >= 15 is 0 Å². The Morgan fingerprint density at radius 2 is 1.87 bits per heavy atom. The molecule has 1 aromatic rings. The Morgan fingerprint density at radius 1 is 1.20 bits per heavy atom. The molecule has 5 heteroatoms. The standard InChI is InChI=1S/C10H14FNO2S/c11-7-4-8-15(13,14)12-9-10-5-2-1-3-6-10/h1-3,5-6,12H,4,7-9H2. The number of sulfonamides is 1. The van der Waals surface area contributed by atoms with Crippen LogP contribution in [0.25, 0.3) is 0 Å². The van der Waals surface area contributed by atoms with Crippen molar-refractivity contribution in [1.29, 1.82) is 0 Å². The number of rotatable bonds is 6. The lowest BCUT2D eigenvalue weighted by Crippen LogP contribution is -2.26. The monoisotopic (exact) mass is 231 g/mol. The summed E-state index contributed by atoms with van der Waals surface area (Å²) in [6, 6.07) is 9.20. The van der Waals surface area contributed by atoms with Crippen LogP contribution >= 0.6 is 0 Å². The second-order valence-corrected chi connectivity index (χ2v) is 5.09. The van der Waals surface area contributed by atoms with Crippen molar-refractivity contribution in [2.75, 3.05) is 12.4 Å². The number of hydrogen-bond donors (Lipinski definition) is 1. The van der Waals surface area contributed by atoms with Gasteiger partial charge in [0.05, 0.1) is 12.4 Å². The average Bonchev–Trinajstić information content (AvgIpc) is 2.25. The molecule has 0 unspecified atom stereocenters. The highest BCUT2D eigenvalue weighted by Gasteiger charge is 2.08. The Labute approximate surface area is 89.4 Å². The SMILES string of the molecule is O=S(=O)(CCCF)NCc1ccccc1. The van der Waals surface area contributed by atoms with Crippen molar-refractivity contribution in [3.8, 4) is 0 Å². The van der Waals surface area contributed by atoms with E-state index in [4.69, 9.17) is 0 Å². The minimum absolute atomic E-state index is 0.0458. The normalized spacial score (nSPS) is 11.5. The molecule has 0 spiro atoms. The number of alkyl halides is 1. The Balaban J connectivity index is 2.43. The van der Waals surface area contributed by atoms with Gasteiger partial charge in [-0.3, -0.25) is 4.39 Å². The van der Waals surface area contributed by atoms with E-state index < -0.39 is 16.7 Å². The Kier molecular flexibility index (Phi) is 4.71. The molecule has 0 saturated heterocycles. The molecule has 0 bridgehead atoms. The highest BCUT2D eigenvalue weighted by molar-refractivity contribution is 7.89. The summed E-state index contributed by atoms with van der Waals surface area (Å²) in [5.41, 5.74) is 0.890. The molecule has 84 valence electrons. The minimum Gasteiger partial charge on any atom is -0.251 e. The fourth-order valence-electron chi connectivity index (χ4n) is 1.11. The molecule has 0 radical (unpaired) electrons. The minimum atomic E-state index is -3.33. The summed E-state index contributed by atoms with van der Waals surface area (Å²) >= 11 is 0. The maximum Gasteiger partial charge on any atom is 0.211 e. The average molecular weight is 231 g/mol. The Hall–Kier alpha value is -0.940. The zero-order chi connectivity index (χ0) is 11.1. The molecule has 0 aliphatic carbocycles. The van der Waals surface area contributed by atoms with Crippen LogP contribution in [-0.2, 0) is 16.6 Å². The summed E-state index contributed by atoms with van der Waals surface area (Å²) < 4.78 is 36.8. The largest absolute Gasteiger partial charge is 0.251 e. The van der Waals surface area contributed by atoms with Gasteiger partial charge >= 0.3 is 0 Å². The smallest absolute Gasteiger partial charge is 0.211 e. The van der Waals surface area contributed by atoms with Gasteiger partial charge in [0.15, 0.2) is 0 Å². The summed E-state index contributed by atoms with van der Waals surface area (Å²) in [6.45, 7) is -0.346. The van der Waals surface area contributed by atoms with Gasteiger partial charge in [0.2, 0.25) is 10.0 Å². The fraction of sp³-hybridized carbons (Fsp3) is 0.400. The van der Waals surface area contributed by atoms with Gasteiger partial charge in [0, 0.05) is 6.54 Å². The molecular weight excluding hydrogens is 217 g/mol. The molecule has 0 heterocycles. The van der Waals surface area contributed by atoms with Crippen LogP contribution in [0.4, 0.5) is 4.39 Å². The van der Waals surface area contributed by atoms with Crippen molar-refractivity contribution in [2.45, 2.75) is 13.0 Å². The maximum absolute atomic E-state index is 11.8. The van der Waals surface area contributed by atoms with Gasteiger partial charge in [-0.1, -0.05) is 30.3 Å². The molecule has 0 aromatic heterocycles. The van der Waals surface area contributed by atoms with Crippen LogP contribution in [-0.4, -0.2) is 20.8 Å². The molecule has 1 aromatic carbocycles. The topological polar surface area (TPSA) is 46.2 Å².